The van der Waals surface area contributed by atoms with Crippen molar-refractivity contribution in [2.75, 3.05) is 0 Å². The standard InChI is InChI=1S/C7H4BrClOS/c8-7-2-1-6(11-7)5(9)3-4-10/h1-4H/b5-3+. The van der Waals surface area contributed by atoms with Crippen LogP contribution in [0.5, 0.6) is 0 Å². The zero-order chi connectivity index (χ0) is 8.27. The topological polar surface area (TPSA) is 17.1 Å². The summed E-state index contributed by atoms with van der Waals surface area (Å²) in [4.78, 5) is 10.9. The predicted molar refractivity (Wildman–Crippen MR) is 51.9 cm³/mol. The van der Waals surface area contributed by atoms with Gasteiger partial charge in [0.1, 0.15) is 6.29 Å². The summed E-state index contributed by atoms with van der Waals surface area (Å²) >= 11 is 10.5. The van der Waals surface area contributed by atoms with Crippen LogP contribution >= 0.6 is 38.9 Å². The van der Waals surface area contributed by atoms with E-state index in [9.17, 15) is 4.79 Å². The van der Waals surface area contributed by atoms with Gasteiger partial charge in [-0.3, -0.25) is 4.79 Å². The molecule has 11 heavy (non-hydrogen) atoms. The fourth-order valence-corrected chi connectivity index (χ4v) is 2.12. The van der Waals surface area contributed by atoms with Crippen molar-refractivity contribution in [3.63, 3.8) is 0 Å². The van der Waals surface area contributed by atoms with E-state index in [0.717, 1.165) is 8.66 Å². The molecule has 0 atom stereocenters. The molecule has 0 bridgehead atoms. The maximum absolute atomic E-state index is 10.0. The number of carbonyl (C=O) groups is 1. The third-order valence-electron chi connectivity index (χ3n) is 1.02. The van der Waals surface area contributed by atoms with Crippen molar-refractivity contribution >= 4 is 50.2 Å². The fourth-order valence-electron chi connectivity index (χ4n) is 0.585. The number of aldehydes is 1. The van der Waals surface area contributed by atoms with E-state index in [0.29, 0.717) is 11.3 Å². The highest BCUT2D eigenvalue weighted by atomic mass is 79.9. The van der Waals surface area contributed by atoms with Crippen LogP contribution in [-0.2, 0) is 4.79 Å². The van der Waals surface area contributed by atoms with Gasteiger partial charge in [-0.1, -0.05) is 11.6 Å². The molecule has 1 rings (SSSR count). The lowest BCUT2D eigenvalue weighted by Crippen LogP contribution is -1.67. The number of hydrogen-bond donors (Lipinski definition) is 0. The molecule has 1 aromatic rings. The highest BCUT2D eigenvalue weighted by Gasteiger charge is 1.99. The van der Waals surface area contributed by atoms with Crippen molar-refractivity contribution in [1.82, 2.24) is 0 Å². The Labute approximate surface area is 81.8 Å². The highest BCUT2D eigenvalue weighted by molar-refractivity contribution is 9.11. The number of hydrogen-bond acceptors (Lipinski definition) is 2. The molecular formula is C7H4BrClOS. The summed E-state index contributed by atoms with van der Waals surface area (Å²) in [6, 6.07) is 3.75. The average molecular weight is 252 g/mol. The molecule has 0 aliphatic heterocycles. The number of thiophene rings is 1. The lowest BCUT2D eigenvalue weighted by atomic mass is 10.4. The molecule has 0 amide bonds. The molecule has 1 nitrogen and oxygen atoms in total. The molecular weight excluding hydrogens is 248 g/mol. The quantitative estimate of drug-likeness (QED) is 0.582. The van der Waals surface area contributed by atoms with Crippen LogP contribution in [0, 0.1) is 0 Å². The minimum absolute atomic E-state index is 0.482. The second kappa shape index (κ2) is 4.04. The summed E-state index contributed by atoms with van der Waals surface area (Å²) in [5, 5.41) is 0.482. The first-order chi connectivity index (χ1) is 5.24. The smallest absolute Gasteiger partial charge is 0.144 e. The van der Waals surface area contributed by atoms with Crippen molar-refractivity contribution in [3.8, 4) is 0 Å². The zero-order valence-electron chi connectivity index (χ0n) is 5.38. The molecule has 0 unspecified atom stereocenters. The van der Waals surface area contributed by atoms with Crippen LogP contribution in [0.15, 0.2) is 22.0 Å². The fraction of sp³-hybridized carbons (Fsp3) is 0. The Bertz CT molecular complexity index is 292. The summed E-state index contributed by atoms with van der Waals surface area (Å²) in [6.07, 6.45) is 2.01. The molecule has 0 saturated carbocycles. The molecule has 0 N–H and O–H groups in total. The maximum atomic E-state index is 10.0. The van der Waals surface area contributed by atoms with Gasteiger partial charge < -0.3 is 0 Å². The lowest BCUT2D eigenvalue weighted by Gasteiger charge is -1.87. The molecule has 4 heteroatoms. The lowest BCUT2D eigenvalue weighted by molar-refractivity contribution is -0.104. The van der Waals surface area contributed by atoms with E-state index in [1.54, 1.807) is 0 Å². The number of rotatable bonds is 2. The summed E-state index contributed by atoms with van der Waals surface area (Å²) in [7, 11) is 0. The first-order valence-electron chi connectivity index (χ1n) is 2.80. The molecule has 0 spiro atoms. The molecule has 1 aromatic heterocycles. The number of carbonyl (C=O) groups excluding carboxylic acids is 1. The van der Waals surface area contributed by atoms with E-state index in [2.05, 4.69) is 15.9 Å². The van der Waals surface area contributed by atoms with Crippen LogP contribution in [0.4, 0.5) is 0 Å². The van der Waals surface area contributed by atoms with Crippen LogP contribution in [0.3, 0.4) is 0 Å². The van der Waals surface area contributed by atoms with Crippen molar-refractivity contribution in [2.45, 2.75) is 0 Å². The van der Waals surface area contributed by atoms with Crippen molar-refractivity contribution < 1.29 is 4.79 Å². The van der Waals surface area contributed by atoms with Gasteiger partial charge in [0, 0.05) is 4.88 Å². The van der Waals surface area contributed by atoms with E-state index in [1.807, 2.05) is 12.1 Å². The van der Waals surface area contributed by atoms with E-state index in [4.69, 9.17) is 11.6 Å². The van der Waals surface area contributed by atoms with E-state index < -0.39 is 0 Å². The molecule has 0 fully saturated rings. The van der Waals surface area contributed by atoms with Gasteiger partial charge in [0.15, 0.2) is 0 Å². The molecule has 58 valence electrons. The Kier molecular flexibility index (Phi) is 3.30. The predicted octanol–water partition coefficient (Wildman–Crippen LogP) is 3.29. The van der Waals surface area contributed by atoms with Crippen LogP contribution in [0.25, 0.3) is 5.03 Å². The molecule has 0 radical (unpaired) electrons. The molecule has 0 aromatic carbocycles. The Morgan fingerprint density at radius 3 is 2.82 bits per heavy atom. The molecule has 0 aliphatic carbocycles. The van der Waals surface area contributed by atoms with Gasteiger partial charge in [0.2, 0.25) is 0 Å². The molecule has 0 saturated heterocycles. The van der Waals surface area contributed by atoms with Gasteiger partial charge in [-0.25, -0.2) is 0 Å². The van der Waals surface area contributed by atoms with Gasteiger partial charge in [-0.15, -0.1) is 11.3 Å². The summed E-state index contributed by atoms with van der Waals surface area (Å²) in [5.41, 5.74) is 0. The third kappa shape index (κ3) is 2.43. The van der Waals surface area contributed by atoms with E-state index >= 15 is 0 Å². The second-order valence-corrected chi connectivity index (χ2v) is 4.62. The average Bonchev–Trinajstić information content (AvgIpc) is 2.36. The maximum Gasteiger partial charge on any atom is 0.144 e. The largest absolute Gasteiger partial charge is 0.299 e. The third-order valence-corrected chi connectivity index (χ3v) is 3.12. The van der Waals surface area contributed by atoms with E-state index in [1.165, 1.54) is 17.4 Å². The summed E-state index contributed by atoms with van der Waals surface area (Å²) in [6.45, 7) is 0. The van der Waals surface area contributed by atoms with Gasteiger partial charge in [-0.05, 0) is 34.1 Å². The monoisotopic (exact) mass is 250 g/mol. The minimum atomic E-state index is 0.482. The van der Waals surface area contributed by atoms with Crippen molar-refractivity contribution in [1.29, 1.82) is 0 Å². The summed E-state index contributed by atoms with van der Waals surface area (Å²) in [5.74, 6) is 0. The van der Waals surface area contributed by atoms with Crippen molar-refractivity contribution in [2.24, 2.45) is 0 Å². The SMILES string of the molecule is O=C/C=C(/Cl)c1ccc(Br)s1. The highest BCUT2D eigenvalue weighted by Crippen LogP contribution is 2.29. The van der Waals surface area contributed by atoms with Gasteiger partial charge in [0.05, 0.1) is 8.82 Å². The second-order valence-electron chi connectivity index (χ2n) is 1.75. The number of halogens is 2. The van der Waals surface area contributed by atoms with Gasteiger partial charge >= 0.3 is 0 Å². The zero-order valence-corrected chi connectivity index (χ0v) is 8.54. The molecule has 1 heterocycles. The summed E-state index contributed by atoms with van der Waals surface area (Å²) < 4.78 is 1.00. The normalized spacial score (nSPS) is 11.6. The Morgan fingerprint density at radius 1 is 1.64 bits per heavy atom. The van der Waals surface area contributed by atoms with Gasteiger partial charge in [0.25, 0.3) is 0 Å². The van der Waals surface area contributed by atoms with E-state index in [-0.39, 0.29) is 0 Å². The van der Waals surface area contributed by atoms with Gasteiger partial charge in [-0.2, -0.15) is 0 Å². The Hall–Kier alpha value is -0.120. The first kappa shape index (κ1) is 8.97. The minimum Gasteiger partial charge on any atom is -0.299 e. The molecule has 0 aliphatic rings. The van der Waals surface area contributed by atoms with Crippen LogP contribution in [0.2, 0.25) is 0 Å². The Morgan fingerprint density at radius 2 is 2.36 bits per heavy atom. The Balaban J connectivity index is 2.93. The van der Waals surface area contributed by atoms with Crippen LogP contribution in [-0.4, -0.2) is 6.29 Å². The first-order valence-corrected chi connectivity index (χ1v) is 4.79. The van der Waals surface area contributed by atoms with Crippen LogP contribution in [0.1, 0.15) is 4.88 Å². The number of allylic oxidation sites excluding steroid dienone is 1. The van der Waals surface area contributed by atoms with Crippen LogP contribution < -0.4 is 0 Å². The van der Waals surface area contributed by atoms with Crippen molar-refractivity contribution in [3.05, 3.63) is 26.9 Å².